The van der Waals surface area contributed by atoms with Gasteiger partial charge in [-0.3, -0.25) is 33.7 Å². The van der Waals surface area contributed by atoms with Gasteiger partial charge in [-0.15, -0.1) is 0 Å². The monoisotopic (exact) mass is 1100 g/mol. The SMILES string of the molecule is O=C(N[C@@H](C(=O)N1CCC(OC2CCN(CC(=O)N3CCN(C(=O)c4cc(Cc5n[nH]c(=O)c6ccccc56)ccc4F)CC3)CC2)CC1)C1CCOCC1)c1cccc([C@@H]2CCCN(C(=O)CNCc3ccc(F)cc3F)C2)c1. The number of hydrogen-bond acceptors (Lipinski definition) is 11. The van der Waals surface area contributed by atoms with Gasteiger partial charge in [-0.2, -0.15) is 5.10 Å². The average Bonchev–Trinajstić information content (AvgIpc) is 3.50. The number of benzene rings is 4. The number of carbonyl (C=O) groups is 5. The molecule has 424 valence electrons. The maximum Gasteiger partial charge on any atom is 0.272 e. The highest BCUT2D eigenvalue weighted by Gasteiger charge is 2.37. The van der Waals surface area contributed by atoms with E-state index in [9.17, 15) is 37.5 Å². The maximum atomic E-state index is 15.1. The van der Waals surface area contributed by atoms with Crippen molar-refractivity contribution in [1.29, 1.82) is 0 Å². The number of halogens is 3. The molecule has 80 heavy (non-hydrogen) atoms. The molecular weight excluding hydrogens is 1030 g/mol. The Hall–Kier alpha value is -7.00. The summed E-state index contributed by atoms with van der Waals surface area (Å²) in [7, 11) is 0. The van der Waals surface area contributed by atoms with Crippen LogP contribution in [0, 0.1) is 23.4 Å². The van der Waals surface area contributed by atoms with Crippen LogP contribution < -0.4 is 16.2 Å². The maximum absolute atomic E-state index is 15.1. The Labute approximate surface area is 463 Å². The number of H-pyrrole nitrogens is 1. The van der Waals surface area contributed by atoms with Crippen molar-refractivity contribution < 1.29 is 46.6 Å². The lowest BCUT2D eigenvalue weighted by Gasteiger charge is -2.40. The largest absolute Gasteiger partial charge is 0.381 e. The van der Waals surface area contributed by atoms with Crippen LogP contribution in [0.5, 0.6) is 0 Å². The van der Waals surface area contributed by atoms with Gasteiger partial charge in [0.25, 0.3) is 17.4 Å². The molecule has 20 heteroatoms. The van der Waals surface area contributed by atoms with E-state index < -0.39 is 29.4 Å². The molecule has 0 spiro atoms. The van der Waals surface area contributed by atoms with E-state index in [1.54, 1.807) is 45.0 Å². The number of fused-ring (bicyclic) bond motifs is 1. The summed E-state index contributed by atoms with van der Waals surface area (Å²) in [5.74, 6) is -3.05. The standard InChI is InChI=1S/C60H70F3N9O8/c61-45-12-11-43(52(63)34-45)35-64-36-54(73)72-20-4-7-44(37-72)41-5-3-6-42(33-41)57(75)65-56(40-18-29-79-30-19-40)60(78)70-23-16-47(17-24-70)80-46-14-21-68(22-15-46)38-55(74)69-25-27-71(28-26-69)59(77)50-31-39(10-13-51(50)62)32-53-48-8-1-2-9-49(48)58(76)67-66-53/h1-3,5-6,8-13,31,33-34,40,44,46-47,56,64H,4,7,14-30,32,35-38H2,(H,65,75)(H,67,76)/t44-,56-/m1/s1. The average molecular weight is 1100 g/mol. The molecule has 5 aromatic rings. The molecule has 5 aliphatic rings. The van der Waals surface area contributed by atoms with E-state index in [0.717, 1.165) is 37.3 Å². The molecule has 5 saturated heterocycles. The first-order valence-electron chi connectivity index (χ1n) is 28.2. The fourth-order valence-electron chi connectivity index (χ4n) is 12.0. The van der Waals surface area contributed by atoms with Crippen LogP contribution in [0.25, 0.3) is 10.8 Å². The Morgan fingerprint density at radius 3 is 2.17 bits per heavy atom. The van der Waals surface area contributed by atoms with E-state index in [1.807, 2.05) is 35.2 Å². The zero-order chi connectivity index (χ0) is 55.7. The number of ether oxygens (including phenoxy) is 2. The van der Waals surface area contributed by atoms with Gasteiger partial charge >= 0.3 is 0 Å². The molecular formula is C60H70F3N9O8. The summed E-state index contributed by atoms with van der Waals surface area (Å²) in [6.07, 6.45) is 6.09. The lowest BCUT2D eigenvalue weighted by atomic mass is 9.88. The zero-order valence-electron chi connectivity index (χ0n) is 45.0. The third-order valence-corrected chi connectivity index (χ3v) is 16.7. The van der Waals surface area contributed by atoms with Crippen LogP contribution in [-0.4, -0.2) is 174 Å². The molecule has 0 saturated carbocycles. The van der Waals surface area contributed by atoms with Crippen molar-refractivity contribution in [2.75, 3.05) is 91.8 Å². The van der Waals surface area contributed by atoms with Crippen LogP contribution in [-0.2, 0) is 36.8 Å². The normalized spacial score (nSPS) is 19.5. The topological polar surface area (TPSA) is 190 Å². The fraction of sp³-hybridized carbons (Fsp3) is 0.483. The number of piperidine rings is 3. The predicted molar refractivity (Wildman–Crippen MR) is 292 cm³/mol. The molecule has 0 unspecified atom stereocenters. The van der Waals surface area contributed by atoms with Crippen LogP contribution in [0.2, 0.25) is 0 Å². The number of aromatic amines is 1. The van der Waals surface area contributed by atoms with Gasteiger partial charge in [0.1, 0.15) is 23.5 Å². The summed E-state index contributed by atoms with van der Waals surface area (Å²) >= 11 is 0. The molecule has 3 N–H and O–H groups in total. The van der Waals surface area contributed by atoms with Crippen molar-refractivity contribution >= 4 is 40.3 Å². The van der Waals surface area contributed by atoms with Crippen LogP contribution in [0.4, 0.5) is 13.2 Å². The smallest absolute Gasteiger partial charge is 0.272 e. The predicted octanol–water partition coefficient (Wildman–Crippen LogP) is 5.41. The molecule has 2 atom stereocenters. The highest BCUT2D eigenvalue weighted by Crippen LogP contribution is 2.30. The number of likely N-dealkylation sites (tertiary alicyclic amines) is 3. The van der Waals surface area contributed by atoms with Crippen molar-refractivity contribution in [2.45, 2.75) is 88.5 Å². The Kier molecular flexibility index (Phi) is 18.3. The number of hydrogen-bond donors (Lipinski definition) is 3. The van der Waals surface area contributed by atoms with E-state index in [0.29, 0.717) is 125 Å². The minimum absolute atomic E-state index is 0.00167. The summed E-state index contributed by atoms with van der Waals surface area (Å²) in [6.45, 7) is 6.09. The van der Waals surface area contributed by atoms with E-state index >= 15 is 4.39 Å². The third-order valence-electron chi connectivity index (χ3n) is 16.7. The Bertz CT molecular complexity index is 3100. The molecule has 6 heterocycles. The number of nitrogens with one attached hydrogen (secondary N) is 3. The van der Waals surface area contributed by atoms with Crippen LogP contribution >= 0.6 is 0 Å². The van der Waals surface area contributed by atoms with Crippen molar-refractivity contribution in [3.63, 3.8) is 0 Å². The van der Waals surface area contributed by atoms with Crippen molar-refractivity contribution in [3.05, 3.63) is 146 Å². The number of nitrogens with zero attached hydrogens (tertiary/aromatic N) is 6. The highest BCUT2D eigenvalue weighted by atomic mass is 19.1. The second kappa shape index (κ2) is 26.1. The minimum Gasteiger partial charge on any atom is -0.381 e. The van der Waals surface area contributed by atoms with Gasteiger partial charge in [0.05, 0.1) is 41.9 Å². The molecule has 1 aromatic heterocycles. The third kappa shape index (κ3) is 13.8. The minimum atomic E-state index is -0.723. The summed E-state index contributed by atoms with van der Waals surface area (Å²) < 4.78 is 54.9. The summed E-state index contributed by atoms with van der Waals surface area (Å²) in [4.78, 5) is 90.2. The van der Waals surface area contributed by atoms with Gasteiger partial charge in [-0.25, -0.2) is 18.3 Å². The van der Waals surface area contributed by atoms with Crippen LogP contribution in [0.15, 0.2) is 89.7 Å². The molecule has 5 fully saturated rings. The van der Waals surface area contributed by atoms with E-state index in [4.69, 9.17) is 9.47 Å². The first-order chi connectivity index (χ1) is 38.8. The Balaban J connectivity index is 0.651. The van der Waals surface area contributed by atoms with Crippen LogP contribution in [0.1, 0.15) is 100 Å². The lowest BCUT2D eigenvalue weighted by molar-refractivity contribution is -0.140. The van der Waals surface area contributed by atoms with Crippen LogP contribution in [0.3, 0.4) is 0 Å². The van der Waals surface area contributed by atoms with E-state index in [1.165, 1.54) is 18.2 Å². The van der Waals surface area contributed by atoms with Crippen molar-refractivity contribution in [3.8, 4) is 0 Å². The number of rotatable bonds is 16. The molecule has 5 aliphatic heterocycles. The van der Waals surface area contributed by atoms with Gasteiger partial charge in [-0.05, 0) is 105 Å². The summed E-state index contributed by atoms with van der Waals surface area (Å²) in [6, 6.07) is 21.6. The van der Waals surface area contributed by atoms with Gasteiger partial charge in [0.2, 0.25) is 17.7 Å². The quantitative estimate of drug-likeness (QED) is 0.115. The molecule has 0 aliphatic carbocycles. The van der Waals surface area contributed by atoms with Gasteiger partial charge in [-0.1, -0.05) is 42.5 Å². The molecule has 5 amide bonds. The second-order valence-corrected chi connectivity index (χ2v) is 21.9. The van der Waals surface area contributed by atoms with Crippen molar-refractivity contribution in [2.24, 2.45) is 5.92 Å². The lowest BCUT2D eigenvalue weighted by Crippen LogP contribution is -2.55. The van der Waals surface area contributed by atoms with E-state index in [-0.39, 0.29) is 97.1 Å². The highest BCUT2D eigenvalue weighted by molar-refractivity contribution is 5.98. The number of aromatic nitrogens is 2. The zero-order valence-corrected chi connectivity index (χ0v) is 45.0. The first-order valence-corrected chi connectivity index (χ1v) is 28.2. The summed E-state index contributed by atoms with van der Waals surface area (Å²) in [5, 5.41) is 14.1. The Morgan fingerprint density at radius 2 is 1.43 bits per heavy atom. The number of carbonyl (C=O) groups excluding carboxylic acids is 5. The fourth-order valence-corrected chi connectivity index (χ4v) is 12.0. The molecule has 17 nitrogen and oxygen atoms in total. The molecule has 0 bridgehead atoms. The number of piperazine rings is 1. The van der Waals surface area contributed by atoms with Gasteiger partial charge in [0, 0.05) is 120 Å². The molecule has 10 rings (SSSR count). The second-order valence-electron chi connectivity index (χ2n) is 21.9. The number of amides is 5. The van der Waals surface area contributed by atoms with Crippen molar-refractivity contribution in [1.82, 2.24) is 45.3 Å². The molecule has 4 aromatic carbocycles. The van der Waals surface area contributed by atoms with Gasteiger partial charge < -0.3 is 39.7 Å². The summed E-state index contributed by atoms with van der Waals surface area (Å²) in [5.41, 5.74) is 2.60. The Morgan fingerprint density at radius 1 is 0.700 bits per heavy atom. The molecule has 0 radical (unpaired) electrons. The van der Waals surface area contributed by atoms with Gasteiger partial charge in [0.15, 0.2) is 0 Å². The first kappa shape index (κ1) is 56.3. The van der Waals surface area contributed by atoms with E-state index in [2.05, 4.69) is 25.7 Å².